The van der Waals surface area contributed by atoms with Crippen molar-refractivity contribution in [1.82, 2.24) is 21.3 Å². The number of nitrogens with one attached hydrogen (secondary N) is 4. The van der Waals surface area contributed by atoms with E-state index in [2.05, 4.69) is 21.3 Å². The van der Waals surface area contributed by atoms with Crippen LogP contribution in [0.2, 0.25) is 0 Å². The van der Waals surface area contributed by atoms with Crippen LogP contribution in [0.25, 0.3) is 11.1 Å². The number of rotatable bonds is 7. The van der Waals surface area contributed by atoms with E-state index in [9.17, 15) is 23.6 Å². The van der Waals surface area contributed by atoms with Crippen LogP contribution in [-0.4, -0.2) is 62.6 Å². The fraction of sp³-hybridized carbons (Fsp3) is 0.333. The molecule has 4 amide bonds. The molecular weight excluding hydrogens is 816 g/mol. The number of ether oxygens (including phenoxy) is 4. The Morgan fingerprint density at radius 3 is 2.14 bits per heavy atom. The topological polar surface area (TPSA) is 153 Å². The second-order valence-electron chi connectivity index (χ2n) is 16.2. The first-order valence-corrected chi connectivity index (χ1v) is 21.9. The molecule has 334 valence electrons. The summed E-state index contributed by atoms with van der Waals surface area (Å²) in [5.74, 6) is -0.431. The van der Waals surface area contributed by atoms with Crippen LogP contribution in [0.15, 0.2) is 115 Å². The minimum Gasteiger partial charge on any atom is -0.494 e. The number of halogens is 1. The van der Waals surface area contributed by atoms with Gasteiger partial charge in [0, 0.05) is 31.0 Å². The Bertz CT molecular complexity index is 2370. The molecule has 1 saturated carbocycles. The predicted molar refractivity (Wildman–Crippen MR) is 240 cm³/mol. The summed E-state index contributed by atoms with van der Waals surface area (Å²) < 4.78 is 38.3. The first-order chi connectivity index (χ1) is 31.1. The van der Waals surface area contributed by atoms with Gasteiger partial charge >= 0.3 is 0 Å². The fourth-order valence-corrected chi connectivity index (χ4v) is 8.23. The number of hydrogen-bond donors (Lipinski definition) is 4. The van der Waals surface area contributed by atoms with E-state index >= 15 is 0 Å². The van der Waals surface area contributed by atoms with Gasteiger partial charge in [-0.15, -0.1) is 0 Å². The molecule has 0 saturated heterocycles. The van der Waals surface area contributed by atoms with Crippen molar-refractivity contribution in [2.24, 2.45) is 5.92 Å². The Kier molecular flexibility index (Phi) is 15.5. The van der Waals surface area contributed by atoms with Crippen LogP contribution in [0, 0.1) is 11.7 Å². The van der Waals surface area contributed by atoms with E-state index < -0.39 is 23.8 Å². The van der Waals surface area contributed by atoms with Crippen molar-refractivity contribution in [3.05, 3.63) is 143 Å². The van der Waals surface area contributed by atoms with E-state index in [0.717, 1.165) is 11.1 Å². The molecule has 5 aromatic carbocycles. The Hall–Kier alpha value is -6.89. The Morgan fingerprint density at radius 1 is 0.703 bits per heavy atom. The Balaban J connectivity index is 1.15. The highest BCUT2D eigenvalue weighted by Gasteiger charge is 2.30. The third-order valence-corrected chi connectivity index (χ3v) is 11.6. The van der Waals surface area contributed by atoms with Gasteiger partial charge in [0.2, 0.25) is 17.7 Å². The summed E-state index contributed by atoms with van der Waals surface area (Å²) in [6, 6.07) is 32.2. The zero-order valence-electron chi connectivity index (χ0n) is 36.2. The van der Waals surface area contributed by atoms with Crippen molar-refractivity contribution in [3.63, 3.8) is 0 Å². The molecule has 4 bridgehead atoms. The summed E-state index contributed by atoms with van der Waals surface area (Å²) in [6.45, 7) is 2.24. The standard InChI is InChI=1S/C51H55FN4O8/c1-3-62-45-30-38(37-18-23-42(52)44(29-37)61-2)28-39-31-63-41-21-16-33(17-22-41)24-25-53-50(59)43(26-34-10-6-4-7-11-34)55-51(60)48(36-12-8-5-9-13-36)56-46(57)27-35-14-19-40(20-15-35)54-47(58)32-64-49(39)45/h4-13,16-18,21-23,28-30,35,40,43,48H,3,14-15,19-20,24-27,31-32H2,1-2H3,(H,53,59)(H,54,58)(H,55,60)(H,56,57)/t35?,40?,43-,48+/m1/s1. The van der Waals surface area contributed by atoms with Gasteiger partial charge in [0.15, 0.2) is 29.7 Å². The number of methoxy groups -OCH3 is 1. The molecule has 4 heterocycles. The molecular formula is C51H55FN4O8. The van der Waals surface area contributed by atoms with Crippen LogP contribution >= 0.6 is 0 Å². The first kappa shape index (κ1) is 45.1. The quantitative estimate of drug-likeness (QED) is 0.134. The van der Waals surface area contributed by atoms with E-state index in [1.165, 1.54) is 13.2 Å². The zero-order chi connectivity index (χ0) is 44.8. The van der Waals surface area contributed by atoms with E-state index in [1.54, 1.807) is 42.5 Å². The Morgan fingerprint density at radius 2 is 1.42 bits per heavy atom. The maximum atomic E-state index is 14.4. The van der Waals surface area contributed by atoms with Crippen LogP contribution in [0.4, 0.5) is 4.39 Å². The highest BCUT2D eigenvalue weighted by molar-refractivity contribution is 5.93. The van der Waals surface area contributed by atoms with E-state index in [1.807, 2.05) is 73.7 Å². The van der Waals surface area contributed by atoms with Crippen LogP contribution in [0.3, 0.4) is 0 Å². The van der Waals surface area contributed by atoms with Crippen LogP contribution in [-0.2, 0) is 38.6 Å². The van der Waals surface area contributed by atoms with Crippen molar-refractivity contribution in [2.45, 2.75) is 76.6 Å². The van der Waals surface area contributed by atoms with Crippen molar-refractivity contribution < 1.29 is 42.5 Å². The van der Waals surface area contributed by atoms with Gasteiger partial charge in [-0.2, -0.15) is 0 Å². The highest BCUT2D eigenvalue weighted by atomic mass is 19.1. The van der Waals surface area contributed by atoms with Crippen molar-refractivity contribution in [2.75, 3.05) is 26.9 Å². The fourth-order valence-electron chi connectivity index (χ4n) is 8.23. The summed E-state index contributed by atoms with van der Waals surface area (Å²) >= 11 is 0. The molecule has 5 aliphatic rings. The number of amides is 4. The lowest BCUT2D eigenvalue weighted by molar-refractivity contribution is -0.132. The summed E-state index contributed by atoms with van der Waals surface area (Å²) in [4.78, 5) is 55.0. The molecule has 0 spiro atoms. The molecule has 1 aliphatic carbocycles. The molecule has 2 atom stereocenters. The van der Waals surface area contributed by atoms with Crippen LogP contribution < -0.4 is 40.2 Å². The largest absolute Gasteiger partial charge is 0.494 e. The smallest absolute Gasteiger partial charge is 0.258 e. The molecule has 4 aliphatic heterocycles. The molecule has 0 unspecified atom stereocenters. The average molecular weight is 871 g/mol. The molecule has 0 aromatic heterocycles. The highest BCUT2D eigenvalue weighted by Crippen LogP contribution is 2.39. The second-order valence-corrected chi connectivity index (χ2v) is 16.2. The lowest BCUT2D eigenvalue weighted by atomic mass is 9.84. The third-order valence-electron chi connectivity index (χ3n) is 11.6. The molecule has 13 heteroatoms. The van der Waals surface area contributed by atoms with Gasteiger partial charge in [-0.3, -0.25) is 19.2 Å². The second kappa shape index (κ2) is 22.0. The minimum absolute atomic E-state index is 0.0500. The van der Waals surface area contributed by atoms with Crippen molar-refractivity contribution >= 4 is 23.6 Å². The van der Waals surface area contributed by atoms with Crippen LogP contribution in [0.1, 0.15) is 67.3 Å². The molecule has 4 N–H and O–H groups in total. The van der Waals surface area contributed by atoms with Gasteiger partial charge in [-0.25, -0.2) is 4.39 Å². The van der Waals surface area contributed by atoms with E-state index in [0.29, 0.717) is 84.8 Å². The van der Waals surface area contributed by atoms with Crippen LogP contribution in [0.5, 0.6) is 23.0 Å². The monoisotopic (exact) mass is 870 g/mol. The summed E-state index contributed by atoms with van der Waals surface area (Å²) in [6.07, 6.45) is 3.70. The van der Waals surface area contributed by atoms with E-state index in [-0.39, 0.29) is 61.5 Å². The van der Waals surface area contributed by atoms with Gasteiger partial charge < -0.3 is 40.2 Å². The number of carbonyl (C=O) groups is 4. The van der Waals surface area contributed by atoms with Gasteiger partial charge in [0.25, 0.3) is 5.91 Å². The van der Waals surface area contributed by atoms with Gasteiger partial charge in [-0.1, -0.05) is 78.9 Å². The maximum Gasteiger partial charge on any atom is 0.258 e. The molecule has 5 aromatic rings. The minimum atomic E-state index is -1.02. The maximum absolute atomic E-state index is 14.4. The summed E-state index contributed by atoms with van der Waals surface area (Å²) in [5.41, 5.74) is 4.40. The van der Waals surface area contributed by atoms with Crippen molar-refractivity contribution in [3.8, 4) is 34.1 Å². The Labute approximate surface area is 373 Å². The molecule has 12 nitrogen and oxygen atoms in total. The zero-order valence-corrected chi connectivity index (χ0v) is 36.2. The SMILES string of the molecule is CCOc1cc(-c2ccc(F)c(OC)c2)cc2c1OCC(=O)NC1CCC(CC1)CC(=O)N[C@@H](c1ccccc1)C(=O)N[C@H](Cc1ccccc1)C(=O)NCCc1ccc(cc1)OC2. The summed E-state index contributed by atoms with van der Waals surface area (Å²) in [5, 5.41) is 12.0. The molecule has 1 fully saturated rings. The number of benzene rings is 5. The summed E-state index contributed by atoms with van der Waals surface area (Å²) in [7, 11) is 1.41. The predicted octanol–water partition coefficient (Wildman–Crippen LogP) is 7.18. The van der Waals surface area contributed by atoms with Crippen molar-refractivity contribution in [1.29, 1.82) is 0 Å². The normalized spacial score (nSPS) is 20.2. The van der Waals surface area contributed by atoms with Gasteiger partial charge in [0.05, 0.1) is 13.7 Å². The van der Waals surface area contributed by atoms with Gasteiger partial charge in [-0.05, 0) is 109 Å². The average Bonchev–Trinajstić information content (AvgIpc) is 3.31. The molecule has 10 rings (SSSR count). The lowest BCUT2D eigenvalue weighted by Gasteiger charge is -2.29. The molecule has 0 radical (unpaired) electrons. The number of hydrogen-bond acceptors (Lipinski definition) is 8. The molecule has 64 heavy (non-hydrogen) atoms. The first-order valence-electron chi connectivity index (χ1n) is 21.9. The van der Waals surface area contributed by atoms with Gasteiger partial charge in [0.1, 0.15) is 24.4 Å². The number of carbonyl (C=O) groups excluding carboxylic acids is 4. The lowest BCUT2D eigenvalue weighted by Crippen LogP contribution is -2.52. The van der Waals surface area contributed by atoms with E-state index in [4.69, 9.17) is 18.9 Å². The third kappa shape index (κ3) is 12.2.